The summed E-state index contributed by atoms with van der Waals surface area (Å²) in [6, 6.07) is 0.447. The standard InChI is InChI=1S/C11H21NOS/c1-2-3-4-5-11(13)8-10-9-14-7-6-12-10/h10,12H,2-9H2,1H3. The molecule has 1 rings (SSSR count). The summed E-state index contributed by atoms with van der Waals surface area (Å²) in [5.74, 6) is 2.75. The fraction of sp³-hybridized carbons (Fsp3) is 0.909. The number of rotatable bonds is 6. The molecule has 1 saturated heterocycles. The predicted molar refractivity (Wildman–Crippen MR) is 62.9 cm³/mol. The summed E-state index contributed by atoms with van der Waals surface area (Å²) in [6.07, 6.45) is 5.01. The molecule has 14 heavy (non-hydrogen) atoms. The quantitative estimate of drug-likeness (QED) is 0.689. The number of hydrogen-bond acceptors (Lipinski definition) is 3. The van der Waals surface area contributed by atoms with Gasteiger partial charge < -0.3 is 5.32 Å². The molecule has 1 aliphatic rings. The number of Topliss-reactive ketones (excluding diaryl/α,β-unsaturated/α-hetero) is 1. The van der Waals surface area contributed by atoms with E-state index in [0.29, 0.717) is 11.8 Å². The lowest BCUT2D eigenvalue weighted by Crippen LogP contribution is -2.38. The van der Waals surface area contributed by atoms with Gasteiger partial charge in [-0.2, -0.15) is 11.8 Å². The van der Waals surface area contributed by atoms with E-state index >= 15 is 0 Å². The van der Waals surface area contributed by atoms with Crippen LogP contribution in [0, 0.1) is 0 Å². The van der Waals surface area contributed by atoms with Gasteiger partial charge in [0.2, 0.25) is 0 Å². The summed E-state index contributed by atoms with van der Waals surface area (Å²) in [4.78, 5) is 11.5. The minimum absolute atomic E-state index is 0.443. The molecule has 1 atom stereocenters. The average molecular weight is 215 g/mol. The Labute approximate surface area is 91.2 Å². The van der Waals surface area contributed by atoms with Crippen LogP contribution in [0.4, 0.5) is 0 Å². The van der Waals surface area contributed by atoms with Crippen molar-refractivity contribution in [3.63, 3.8) is 0 Å². The van der Waals surface area contributed by atoms with E-state index in [4.69, 9.17) is 0 Å². The largest absolute Gasteiger partial charge is 0.312 e. The number of carbonyl (C=O) groups excluding carboxylic acids is 1. The second-order valence-corrected chi connectivity index (χ2v) is 5.08. The van der Waals surface area contributed by atoms with Crippen molar-refractivity contribution < 1.29 is 4.79 Å². The van der Waals surface area contributed by atoms with E-state index in [1.54, 1.807) is 0 Å². The van der Waals surface area contributed by atoms with Crippen LogP contribution in [0.15, 0.2) is 0 Å². The molecule has 2 nitrogen and oxygen atoms in total. The minimum atomic E-state index is 0.443. The van der Waals surface area contributed by atoms with Crippen molar-refractivity contribution in [2.45, 2.75) is 45.1 Å². The second kappa shape index (κ2) is 7.30. The fourth-order valence-electron chi connectivity index (χ4n) is 1.70. The van der Waals surface area contributed by atoms with Gasteiger partial charge in [0.1, 0.15) is 5.78 Å². The number of carbonyl (C=O) groups is 1. The second-order valence-electron chi connectivity index (χ2n) is 3.93. The smallest absolute Gasteiger partial charge is 0.134 e. The van der Waals surface area contributed by atoms with E-state index in [-0.39, 0.29) is 0 Å². The van der Waals surface area contributed by atoms with Crippen molar-refractivity contribution in [1.82, 2.24) is 5.32 Å². The first-order valence-corrected chi connectivity index (χ1v) is 6.81. The maximum atomic E-state index is 11.5. The molecule has 1 aliphatic heterocycles. The molecule has 0 aromatic rings. The van der Waals surface area contributed by atoms with E-state index in [1.165, 1.54) is 18.6 Å². The molecular formula is C11H21NOS. The normalized spacial score (nSPS) is 22.2. The van der Waals surface area contributed by atoms with Crippen LogP contribution in [-0.2, 0) is 4.79 Å². The van der Waals surface area contributed by atoms with Crippen LogP contribution in [0.3, 0.4) is 0 Å². The van der Waals surface area contributed by atoms with Crippen molar-refractivity contribution in [1.29, 1.82) is 0 Å². The Balaban J connectivity index is 2.06. The van der Waals surface area contributed by atoms with Gasteiger partial charge in [-0.05, 0) is 6.42 Å². The Bertz CT molecular complexity index is 167. The van der Waals surface area contributed by atoms with Crippen LogP contribution in [0.5, 0.6) is 0 Å². The lowest BCUT2D eigenvalue weighted by molar-refractivity contribution is -0.119. The Kier molecular flexibility index (Phi) is 6.28. The molecule has 1 heterocycles. The monoisotopic (exact) mass is 215 g/mol. The summed E-state index contributed by atoms with van der Waals surface area (Å²) in [6.45, 7) is 3.24. The van der Waals surface area contributed by atoms with Crippen LogP contribution in [0.1, 0.15) is 39.0 Å². The molecule has 0 spiro atoms. The Morgan fingerprint density at radius 2 is 2.36 bits per heavy atom. The van der Waals surface area contributed by atoms with Crippen molar-refractivity contribution in [2.75, 3.05) is 18.1 Å². The molecule has 0 saturated carbocycles. The topological polar surface area (TPSA) is 29.1 Å². The van der Waals surface area contributed by atoms with Gasteiger partial charge in [-0.15, -0.1) is 0 Å². The molecule has 82 valence electrons. The number of ketones is 1. The van der Waals surface area contributed by atoms with Gasteiger partial charge in [0.05, 0.1) is 0 Å². The zero-order chi connectivity index (χ0) is 10.2. The van der Waals surface area contributed by atoms with Gasteiger partial charge in [0.15, 0.2) is 0 Å². The third-order valence-electron chi connectivity index (χ3n) is 2.53. The summed E-state index contributed by atoms with van der Waals surface area (Å²) in [5, 5.41) is 3.40. The first kappa shape index (κ1) is 12.1. The summed E-state index contributed by atoms with van der Waals surface area (Å²) < 4.78 is 0. The summed E-state index contributed by atoms with van der Waals surface area (Å²) >= 11 is 1.96. The molecule has 1 unspecified atom stereocenters. The molecular weight excluding hydrogens is 194 g/mol. The van der Waals surface area contributed by atoms with Gasteiger partial charge in [0.25, 0.3) is 0 Å². The average Bonchev–Trinajstić information content (AvgIpc) is 2.20. The van der Waals surface area contributed by atoms with Crippen LogP contribution in [0.25, 0.3) is 0 Å². The third-order valence-corrected chi connectivity index (χ3v) is 3.66. The van der Waals surface area contributed by atoms with Crippen molar-refractivity contribution in [3.05, 3.63) is 0 Å². The van der Waals surface area contributed by atoms with E-state index in [2.05, 4.69) is 12.2 Å². The van der Waals surface area contributed by atoms with Gasteiger partial charge in [0, 0.05) is 36.9 Å². The maximum absolute atomic E-state index is 11.5. The van der Waals surface area contributed by atoms with Gasteiger partial charge >= 0.3 is 0 Å². The number of thioether (sulfide) groups is 1. The predicted octanol–water partition coefficient (Wildman–Crippen LogP) is 2.23. The van der Waals surface area contributed by atoms with Crippen LogP contribution in [0.2, 0.25) is 0 Å². The highest BCUT2D eigenvalue weighted by Gasteiger charge is 2.15. The van der Waals surface area contributed by atoms with E-state index in [1.807, 2.05) is 11.8 Å². The molecule has 0 radical (unpaired) electrons. The number of hydrogen-bond donors (Lipinski definition) is 1. The third kappa shape index (κ3) is 5.01. The fourth-order valence-corrected chi connectivity index (χ4v) is 2.65. The van der Waals surface area contributed by atoms with E-state index < -0.39 is 0 Å². The first-order chi connectivity index (χ1) is 6.83. The molecule has 0 aromatic carbocycles. The SMILES string of the molecule is CCCCCC(=O)CC1CSCCN1. The molecule has 0 aliphatic carbocycles. The lowest BCUT2D eigenvalue weighted by Gasteiger charge is -2.22. The Hall–Kier alpha value is -0.0200. The number of nitrogens with one attached hydrogen (secondary N) is 1. The molecule has 1 N–H and O–H groups in total. The number of unbranched alkanes of at least 4 members (excludes halogenated alkanes) is 2. The zero-order valence-electron chi connectivity index (χ0n) is 9.05. The molecule has 3 heteroatoms. The van der Waals surface area contributed by atoms with Gasteiger partial charge in [-0.1, -0.05) is 19.8 Å². The lowest BCUT2D eigenvalue weighted by atomic mass is 10.1. The van der Waals surface area contributed by atoms with Crippen molar-refractivity contribution in [2.24, 2.45) is 0 Å². The van der Waals surface area contributed by atoms with E-state index in [0.717, 1.165) is 31.6 Å². The highest BCUT2D eigenvalue weighted by Crippen LogP contribution is 2.12. The molecule has 0 amide bonds. The first-order valence-electron chi connectivity index (χ1n) is 5.65. The highest BCUT2D eigenvalue weighted by molar-refractivity contribution is 7.99. The minimum Gasteiger partial charge on any atom is -0.312 e. The van der Waals surface area contributed by atoms with Crippen LogP contribution in [-0.4, -0.2) is 29.9 Å². The van der Waals surface area contributed by atoms with Crippen LogP contribution < -0.4 is 5.32 Å². The van der Waals surface area contributed by atoms with Gasteiger partial charge in [-0.25, -0.2) is 0 Å². The molecule has 0 bridgehead atoms. The van der Waals surface area contributed by atoms with Crippen molar-refractivity contribution in [3.8, 4) is 0 Å². The summed E-state index contributed by atoms with van der Waals surface area (Å²) in [5.41, 5.74) is 0. The maximum Gasteiger partial charge on any atom is 0.134 e. The van der Waals surface area contributed by atoms with Crippen LogP contribution >= 0.6 is 11.8 Å². The summed E-state index contributed by atoms with van der Waals surface area (Å²) in [7, 11) is 0. The van der Waals surface area contributed by atoms with Gasteiger partial charge in [-0.3, -0.25) is 4.79 Å². The Morgan fingerprint density at radius 1 is 1.50 bits per heavy atom. The molecule has 1 fully saturated rings. The van der Waals surface area contributed by atoms with E-state index in [9.17, 15) is 4.79 Å². The molecule has 0 aromatic heterocycles. The van der Waals surface area contributed by atoms with Crippen molar-refractivity contribution >= 4 is 17.5 Å². The Morgan fingerprint density at radius 3 is 3.00 bits per heavy atom. The zero-order valence-corrected chi connectivity index (χ0v) is 9.87. The highest BCUT2D eigenvalue weighted by atomic mass is 32.2.